The topological polar surface area (TPSA) is 72.5 Å². The van der Waals surface area contributed by atoms with Crippen molar-refractivity contribution in [2.75, 3.05) is 5.75 Å². The number of benzene rings is 2. The number of carbonyl (C=O) groups excluding carboxylic acids is 1. The van der Waals surface area contributed by atoms with E-state index in [1.54, 1.807) is 6.92 Å². The van der Waals surface area contributed by atoms with Gasteiger partial charge in [-0.15, -0.1) is 0 Å². The first-order chi connectivity index (χ1) is 12.4. The molecule has 140 valence electrons. The van der Waals surface area contributed by atoms with Gasteiger partial charge in [0, 0.05) is 6.04 Å². The Kier molecular flexibility index (Phi) is 7.36. The minimum Gasteiger partial charge on any atom is -0.461 e. The Bertz CT molecular complexity index is 801. The summed E-state index contributed by atoms with van der Waals surface area (Å²) in [5.41, 5.74) is 2.95. The molecule has 0 aliphatic rings. The maximum atomic E-state index is 12.2. The van der Waals surface area contributed by atoms with Gasteiger partial charge in [0.1, 0.15) is 6.61 Å². The van der Waals surface area contributed by atoms with Crippen LogP contribution in [0.15, 0.2) is 54.6 Å². The lowest BCUT2D eigenvalue weighted by molar-refractivity contribution is -0.144. The molecule has 26 heavy (non-hydrogen) atoms. The molecule has 0 heterocycles. The fourth-order valence-corrected chi connectivity index (χ4v) is 3.69. The Balaban J connectivity index is 1.80. The molecular formula is C20H25NO4S. The highest BCUT2D eigenvalue weighted by atomic mass is 32.2. The lowest BCUT2D eigenvalue weighted by Crippen LogP contribution is -2.30. The van der Waals surface area contributed by atoms with Crippen molar-refractivity contribution in [3.8, 4) is 0 Å². The van der Waals surface area contributed by atoms with Gasteiger partial charge in [0.15, 0.2) is 0 Å². The normalized spacial score (nSPS) is 12.5. The molecule has 0 fully saturated rings. The number of sulfonamides is 1. The number of esters is 1. The standard InChI is InChI=1S/C20H25NO4S/c1-3-17-9-11-19(12-10-17)16(2)21-26(23,24)14-13-20(22)25-15-18-7-5-4-6-8-18/h4-12,16,21H,3,13-15H2,1-2H3/t16-/m1/s1. The van der Waals surface area contributed by atoms with Gasteiger partial charge >= 0.3 is 5.97 Å². The number of nitrogens with one attached hydrogen (secondary N) is 1. The van der Waals surface area contributed by atoms with Gasteiger partial charge in [-0.05, 0) is 30.0 Å². The van der Waals surface area contributed by atoms with Crippen LogP contribution in [-0.4, -0.2) is 20.1 Å². The second-order valence-electron chi connectivity index (χ2n) is 6.15. The number of hydrogen-bond donors (Lipinski definition) is 1. The molecular weight excluding hydrogens is 350 g/mol. The number of aryl methyl sites for hydroxylation is 1. The lowest BCUT2D eigenvalue weighted by Gasteiger charge is -2.15. The summed E-state index contributed by atoms with van der Waals surface area (Å²) >= 11 is 0. The van der Waals surface area contributed by atoms with E-state index in [1.165, 1.54) is 5.56 Å². The van der Waals surface area contributed by atoms with Gasteiger partial charge in [-0.25, -0.2) is 13.1 Å². The summed E-state index contributed by atoms with van der Waals surface area (Å²) in [6.07, 6.45) is 0.759. The number of carbonyl (C=O) groups is 1. The summed E-state index contributed by atoms with van der Waals surface area (Å²) in [5, 5.41) is 0. The van der Waals surface area contributed by atoms with E-state index in [1.807, 2.05) is 54.6 Å². The van der Waals surface area contributed by atoms with Gasteiger partial charge in [-0.1, -0.05) is 61.5 Å². The smallest absolute Gasteiger partial charge is 0.307 e. The van der Waals surface area contributed by atoms with E-state index < -0.39 is 16.0 Å². The quantitative estimate of drug-likeness (QED) is 0.682. The van der Waals surface area contributed by atoms with Gasteiger partial charge in [-0.3, -0.25) is 4.79 Å². The maximum Gasteiger partial charge on any atom is 0.307 e. The van der Waals surface area contributed by atoms with Crippen LogP contribution in [0.3, 0.4) is 0 Å². The molecule has 0 saturated carbocycles. The highest BCUT2D eigenvalue weighted by Crippen LogP contribution is 2.15. The summed E-state index contributed by atoms with van der Waals surface area (Å²) in [6.45, 7) is 4.00. The summed E-state index contributed by atoms with van der Waals surface area (Å²) in [4.78, 5) is 11.8. The highest BCUT2D eigenvalue weighted by Gasteiger charge is 2.18. The van der Waals surface area contributed by atoms with E-state index in [0.717, 1.165) is 17.5 Å². The van der Waals surface area contributed by atoms with Crippen molar-refractivity contribution in [3.05, 3.63) is 71.3 Å². The second-order valence-corrected chi connectivity index (χ2v) is 8.02. The van der Waals surface area contributed by atoms with Crippen LogP contribution in [0.25, 0.3) is 0 Å². The molecule has 1 atom stereocenters. The molecule has 2 aromatic carbocycles. The zero-order valence-corrected chi connectivity index (χ0v) is 16.0. The summed E-state index contributed by atoms with van der Waals surface area (Å²) in [6, 6.07) is 16.7. The fourth-order valence-electron chi connectivity index (χ4n) is 2.47. The minimum atomic E-state index is -3.57. The van der Waals surface area contributed by atoms with Gasteiger partial charge in [0.25, 0.3) is 0 Å². The molecule has 0 radical (unpaired) electrons. The fraction of sp³-hybridized carbons (Fsp3) is 0.350. The molecule has 0 aliphatic heterocycles. The number of rotatable bonds is 9. The Hall–Kier alpha value is -2.18. The molecule has 2 aromatic rings. The number of ether oxygens (including phenoxy) is 1. The molecule has 0 saturated heterocycles. The van der Waals surface area contributed by atoms with E-state index in [9.17, 15) is 13.2 Å². The molecule has 0 unspecified atom stereocenters. The van der Waals surface area contributed by atoms with Gasteiger partial charge in [0.05, 0.1) is 12.2 Å². The van der Waals surface area contributed by atoms with Crippen molar-refractivity contribution in [1.82, 2.24) is 4.72 Å². The van der Waals surface area contributed by atoms with Crippen LogP contribution < -0.4 is 4.72 Å². The molecule has 0 aromatic heterocycles. The predicted octanol–water partition coefficient (Wildman–Crippen LogP) is 3.36. The van der Waals surface area contributed by atoms with Crippen molar-refractivity contribution >= 4 is 16.0 Å². The first kappa shape index (κ1) is 20.1. The predicted molar refractivity (Wildman–Crippen MR) is 102 cm³/mol. The first-order valence-corrected chi connectivity index (χ1v) is 10.3. The Morgan fingerprint density at radius 2 is 1.69 bits per heavy atom. The van der Waals surface area contributed by atoms with E-state index in [4.69, 9.17) is 4.74 Å². The van der Waals surface area contributed by atoms with E-state index >= 15 is 0 Å². The van der Waals surface area contributed by atoms with Gasteiger partial charge in [-0.2, -0.15) is 0 Å². The molecule has 0 aliphatic carbocycles. The maximum absolute atomic E-state index is 12.2. The third kappa shape index (κ3) is 6.61. The number of hydrogen-bond acceptors (Lipinski definition) is 4. The average molecular weight is 375 g/mol. The molecule has 0 spiro atoms. The van der Waals surface area contributed by atoms with Crippen LogP contribution in [-0.2, 0) is 32.6 Å². The van der Waals surface area contributed by atoms with E-state index in [2.05, 4.69) is 11.6 Å². The van der Waals surface area contributed by atoms with Crippen LogP contribution in [0.2, 0.25) is 0 Å². The largest absolute Gasteiger partial charge is 0.461 e. The Morgan fingerprint density at radius 1 is 1.04 bits per heavy atom. The third-order valence-electron chi connectivity index (χ3n) is 4.06. The van der Waals surface area contributed by atoms with E-state index in [-0.39, 0.29) is 24.8 Å². The molecule has 6 heteroatoms. The zero-order chi connectivity index (χ0) is 19.0. The van der Waals surface area contributed by atoms with Crippen molar-refractivity contribution in [2.24, 2.45) is 0 Å². The monoisotopic (exact) mass is 375 g/mol. The van der Waals surface area contributed by atoms with Crippen molar-refractivity contribution < 1.29 is 17.9 Å². The second kappa shape index (κ2) is 9.50. The molecule has 5 nitrogen and oxygen atoms in total. The van der Waals surface area contributed by atoms with Crippen LogP contribution >= 0.6 is 0 Å². The molecule has 0 amide bonds. The molecule has 1 N–H and O–H groups in total. The third-order valence-corrected chi connectivity index (χ3v) is 5.52. The SMILES string of the molecule is CCc1ccc([C@@H](C)NS(=O)(=O)CCC(=O)OCc2ccccc2)cc1. The van der Waals surface area contributed by atoms with Crippen molar-refractivity contribution in [3.63, 3.8) is 0 Å². The summed E-state index contributed by atoms with van der Waals surface area (Å²) in [7, 11) is -3.57. The summed E-state index contributed by atoms with van der Waals surface area (Å²) in [5.74, 6) is -0.822. The molecule has 0 bridgehead atoms. The first-order valence-electron chi connectivity index (χ1n) is 8.68. The minimum absolute atomic E-state index is 0.146. The van der Waals surface area contributed by atoms with Crippen molar-refractivity contribution in [1.29, 1.82) is 0 Å². The average Bonchev–Trinajstić information content (AvgIpc) is 2.65. The van der Waals surface area contributed by atoms with Crippen LogP contribution in [0.4, 0.5) is 0 Å². The Labute approximate surface area is 155 Å². The summed E-state index contributed by atoms with van der Waals surface area (Å²) < 4.78 is 32.1. The zero-order valence-electron chi connectivity index (χ0n) is 15.1. The van der Waals surface area contributed by atoms with Crippen molar-refractivity contribution in [2.45, 2.75) is 39.3 Å². The van der Waals surface area contributed by atoms with Crippen LogP contribution in [0, 0.1) is 0 Å². The highest BCUT2D eigenvalue weighted by molar-refractivity contribution is 7.89. The van der Waals surface area contributed by atoms with Gasteiger partial charge in [0.2, 0.25) is 10.0 Å². The van der Waals surface area contributed by atoms with E-state index in [0.29, 0.717) is 0 Å². The lowest BCUT2D eigenvalue weighted by atomic mass is 10.1. The van der Waals surface area contributed by atoms with Gasteiger partial charge < -0.3 is 4.74 Å². The molecule has 2 rings (SSSR count). The van der Waals surface area contributed by atoms with Crippen LogP contribution in [0.1, 0.15) is 43.0 Å². The Morgan fingerprint density at radius 3 is 2.31 bits per heavy atom. The van der Waals surface area contributed by atoms with Crippen LogP contribution in [0.5, 0.6) is 0 Å².